The first-order valence-corrected chi connectivity index (χ1v) is 10.2. The number of aromatic nitrogens is 4. The van der Waals surface area contributed by atoms with Crippen molar-refractivity contribution in [2.45, 2.75) is 19.1 Å². The molecule has 0 radical (unpaired) electrons. The monoisotopic (exact) mass is 478 g/mol. The number of aromatic amines is 1. The van der Waals surface area contributed by atoms with Crippen molar-refractivity contribution in [2.24, 2.45) is 0 Å². The summed E-state index contributed by atoms with van der Waals surface area (Å²) in [7, 11) is 0. The van der Waals surface area contributed by atoms with Crippen LogP contribution in [0.4, 0.5) is 29.6 Å². The Kier molecular flexibility index (Phi) is 7.67. The lowest BCUT2D eigenvalue weighted by Crippen LogP contribution is -2.49. The summed E-state index contributed by atoms with van der Waals surface area (Å²) in [6.07, 6.45) is 0.00439. The standard InChI is InChI=1S/C20H21F3N8O3/c1-13(27-15-12-26-29-17(32)16(15)20(21,22)23)3-2-10-34-19(33)31-8-6-30(7-9-31)18-25-5-4-14(11-24)28-18/h2-5,12-13H,6-10H2,1H3,(H2,27,29,32)/b3-2+. The molecule has 1 atom stereocenters. The van der Waals surface area contributed by atoms with Gasteiger partial charge in [0, 0.05) is 38.4 Å². The summed E-state index contributed by atoms with van der Waals surface area (Å²) in [5.41, 5.74) is -2.90. The van der Waals surface area contributed by atoms with Gasteiger partial charge < -0.3 is 19.9 Å². The molecule has 3 heterocycles. The molecule has 2 aromatic heterocycles. The maximum absolute atomic E-state index is 13.1. The second kappa shape index (κ2) is 10.6. The van der Waals surface area contributed by atoms with E-state index in [4.69, 9.17) is 10.00 Å². The Morgan fingerprint density at radius 3 is 2.79 bits per heavy atom. The van der Waals surface area contributed by atoms with Crippen molar-refractivity contribution in [3.63, 3.8) is 0 Å². The SMILES string of the molecule is CC(/C=C/COC(=O)N1CCN(c2nccc(C#N)n2)CC1)Nc1cn[nH]c(=O)c1C(F)(F)F. The van der Waals surface area contributed by atoms with E-state index in [2.05, 4.69) is 20.4 Å². The van der Waals surface area contributed by atoms with Crippen LogP contribution in [0.1, 0.15) is 18.2 Å². The Bertz CT molecular complexity index is 1140. The number of piperazine rings is 1. The van der Waals surface area contributed by atoms with Gasteiger partial charge in [0.25, 0.3) is 5.56 Å². The fourth-order valence-corrected chi connectivity index (χ4v) is 3.20. The highest BCUT2D eigenvalue weighted by Gasteiger charge is 2.37. The van der Waals surface area contributed by atoms with Crippen LogP contribution >= 0.6 is 0 Å². The molecule has 0 aliphatic carbocycles. The van der Waals surface area contributed by atoms with Gasteiger partial charge in [-0.25, -0.2) is 19.9 Å². The Morgan fingerprint density at radius 2 is 2.12 bits per heavy atom. The van der Waals surface area contributed by atoms with Crippen LogP contribution in [0.2, 0.25) is 0 Å². The number of alkyl halides is 3. The van der Waals surface area contributed by atoms with Gasteiger partial charge in [-0.1, -0.05) is 6.08 Å². The molecule has 1 amide bonds. The van der Waals surface area contributed by atoms with E-state index < -0.39 is 35.1 Å². The molecule has 11 nitrogen and oxygen atoms in total. The van der Waals surface area contributed by atoms with Crippen molar-refractivity contribution < 1.29 is 22.7 Å². The summed E-state index contributed by atoms with van der Waals surface area (Å²) < 4.78 is 44.5. The highest BCUT2D eigenvalue weighted by Crippen LogP contribution is 2.31. The van der Waals surface area contributed by atoms with Crippen LogP contribution in [0.5, 0.6) is 0 Å². The number of carbonyl (C=O) groups excluding carboxylic acids is 1. The van der Waals surface area contributed by atoms with Crippen LogP contribution in [0.25, 0.3) is 0 Å². The largest absolute Gasteiger partial charge is 0.445 e. The van der Waals surface area contributed by atoms with Crippen molar-refractivity contribution in [1.29, 1.82) is 5.26 Å². The van der Waals surface area contributed by atoms with Gasteiger partial charge in [-0.05, 0) is 19.1 Å². The van der Waals surface area contributed by atoms with Gasteiger partial charge >= 0.3 is 12.3 Å². The number of nitriles is 1. The van der Waals surface area contributed by atoms with Crippen molar-refractivity contribution in [2.75, 3.05) is 43.0 Å². The molecule has 2 aromatic rings. The van der Waals surface area contributed by atoms with Crippen molar-refractivity contribution in [1.82, 2.24) is 25.1 Å². The first kappa shape index (κ1) is 24.5. The number of carbonyl (C=O) groups is 1. The van der Waals surface area contributed by atoms with Gasteiger partial charge in [0.1, 0.15) is 23.9 Å². The molecule has 0 spiro atoms. The van der Waals surface area contributed by atoms with Crippen molar-refractivity contribution in [3.8, 4) is 6.07 Å². The number of H-pyrrole nitrogens is 1. The van der Waals surface area contributed by atoms with Crippen LogP contribution in [0.3, 0.4) is 0 Å². The molecule has 1 aliphatic heterocycles. The lowest BCUT2D eigenvalue weighted by atomic mass is 10.2. The van der Waals surface area contributed by atoms with E-state index in [1.807, 2.05) is 11.0 Å². The lowest BCUT2D eigenvalue weighted by molar-refractivity contribution is -0.138. The summed E-state index contributed by atoms with van der Waals surface area (Å²) in [6.45, 7) is 3.16. The molecule has 1 saturated heterocycles. The average molecular weight is 478 g/mol. The minimum absolute atomic E-state index is 0.0852. The highest BCUT2D eigenvalue weighted by atomic mass is 19.4. The molecule has 0 aromatic carbocycles. The summed E-state index contributed by atoms with van der Waals surface area (Å²) in [4.78, 5) is 35.4. The Morgan fingerprint density at radius 1 is 1.38 bits per heavy atom. The van der Waals surface area contributed by atoms with E-state index in [0.29, 0.717) is 32.1 Å². The number of nitrogens with zero attached hydrogens (tertiary/aromatic N) is 6. The van der Waals surface area contributed by atoms with Gasteiger partial charge in [-0.15, -0.1) is 0 Å². The van der Waals surface area contributed by atoms with Crippen LogP contribution in [0.15, 0.2) is 35.4 Å². The van der Waals surface area contributed by atoms with Gasteiger partial charge in [0.15, 0.2) is 0 Å². The third-order valence-electron chi connectivity index (χ3n) is 4.83. The molecule has 1 aliphatic rings. The molecular formula is C20H21F3N8O3. The van der Waals surface area contributed by atoms with Crippen molar-refractivity contribution >= 4 is 17.7 Å². The number of halogens is 3. The maximum atomic E-state index is 13.1. The Hall–Kier alpha value is -4.15. The van der Waals surface area contributed by atoms with Crippen LogP contribution in [-0.2, 0) is 10.9 Å². The minimum Gasteiger partial charge on any atom is -0.445 e. The van der Waals surface area contributed by atoms with Crippen LogP contribution < -0.4 is 15.8 Å². The van der Waals surface area contributed by atoms with E-state index in [1.165, 1.54) is 29.3 Å². The zero-order valence-corrected chi connectivity index (χ0v) is 18.0. The number of amides is 1. The van der Waals surface area contributed by atoms with Gasteiger partial charge in [0.2, 0.25) is 5.95 Å². The quantitative estimate of drug-likeness (QED) is 0.594. The molecule has 1 unspecified atom stereocenters. The Balaban J connectivity index is 1.46. The predicted octanol–water partition coefficient (Wildman–Crippen LogP) is 1.77. The maximum Gasteiger partial charge on any atom is 0.423 e. The highest BCUT2D eigenvalue weighted by molar-refractivity contribution is 5.68. The molecular weight excluding hydrogens is 457 g/mol. The van der Waals surface area contributed by atoms with E-state index >= 15 is 0 Å². The van der Waals surface area contributed by atoms with Gasteiger partial charge in [0.05, 0.1) is 11.9 Å². The first-order valence-electron chi connectivity index (χ1n) is 10.2. The second-order valence-corrected chi connectivity index (χ2v) is 7.25. The van der Waals surface area contributed by atoms with Crippen molar-refractivity contribution in [3.05, 3.63) is 52.2 Å². The molecule has 180 valence electrons. The normalized spacial score (nSPS) is 15.1. The minimum atomic E-state index is -4.84. The molecule has 34 heavy (non-hydrogen) atoms. The third kappa shape index (κ3) is 6.21. The molecule has 0 bridgehead atoms. The number of nitrogens with one attached hydrogen (secondary N) is 2. The van der Waals surface area contributed by atoms with E-state index in [1.54, 1.807) is 12.0 Å². The van der Waals surface area contributed by atoms with Crippen LogP contribution in [0, 0.1) is 11.3 Å². The number of anilines is 2. The second-order valence-electron chi connectivity index (χ2n) is 7.25. The fraction of sp³-hybridized carbons (Fsp3) is 0.400. The number of hydrogen-bond donors (Lipinski definition) is 2. The fourth-order valence-electron chi connectivity index (χ4n) is 3.20. The predicted molar refractivity (Wildman–Crippen MR) is 114 cm³/mol. The molecule has 2 N–H and O–H groups in total. The number of rotatable bonds is 6. The molecule has 0 saturated carbocycles. The summed E-state index contributed by atoms with van der Waals surface area (Å²) in [5, 5.41) is 16.7. The smallest absolute Gasteiger partial charge is 0.423 e. The van der Waals surface area contributed by atoms with Gasteiger partial charge in [-0.2, -0.15) is 23.5 Å². The number of hydrogen-bond acceptors (Lipinski definition) is 9. The summed E-state index contributed by atoms with van der Waals surface area (Å²) in [5.74, 6) is 0.417. The third-order valence-corrected chi connectivity index (χ3v) is 4.83. The molecule has 3 rings (SSSR count). The first-order chi connectivity index (χ1) is 16.2. The average Bonchev–Trinajstić information content (AvgIpc) is 2.81. The topological polar surface area (TPSA) is 140 Å². The molecule has 1 fully saturated rings. The summed E-state index contributed by atoms with van der Waals surface area (Å²) in [6, 6.07) is 2.86. The number of ether oxygens (including phenoxy) is 1. The zero-order valence-electron chi connectivity index (χ0n) is 18.0. The van der Waals surface area contributed by atoms with E-state index in [9.17, 15) is 22.8 Å². The van der Waals surface area contributed by atoms with Crippen LogP contribution in [-0.4, -0.2) is 70.0 Å². The zero-order chi connectivity index (χ0) is 24.7. The summed E-state index contributed by atoms with van der Waals surface area (Å²) >= 11 is 0. The van der Waals surface area contributed by atoms with E-state index in [-0.39, 0.29) is 12.3 Å². The van der Waals surface area contributed by atoms with E-state index in [0.717, 1.165) is 6.20 Å². The Labute approximate surface area is 191 Å². The lowest BCUT2D eigenvalue weighted by Gasteiger charge is -2.33. The molecule has 14 heteroatoms. The van der Waals surface area contributed by atoms with Gasteiger partial charge in [-0.3, -0.25) is 4.79 Å².